The third kappa shape index (κ3) is 1.94. The Labute approximate surface area is 93.8 Å². The molecule has 2 heterocycles. The second kappa shape index (κ2) is 4.06. The van der Waals surface area contributed by atoms with Crippen molar-refractivity contribution in [3.63, 3.8) is 0 Å². The zero-order valence-corrected chi connectivity index (χ0v) is 10.4. The Kier molecular flexibility index (Phi) is 3.09. The van der Waals surface area contributed by atoms with Crippen molar-refractivity contribution in [2.24, 2.45) is 11.3 Å². The Morgan fingerprint density at radius 2 is 2.07 bits per heavy atom. The van der Waals surface area contributed by atoms with Gasteiger partial charge >= 0.3 is 0 Å². The van der Waals surface area contributed by atoms with Gasteiger partial charge in [0.25, 0.3) is 0 Å². The van der Waals surface area contributed by atoms with Crippen LogP contribution in [0.1, 0.15) is 46.5 Å². The van der Waals surface area contributed by atoms with Gasteiger partial charge < -0.3 is 10.1 Å². The maximum absolute atomic E-state index is 5.67. The molecular weight excluding hydrogens is 186 g/mol. The van der Waals surface area contributed by atoms with E-state index in [9.17, 15) is 0 Å². The van der Waals surface area contributed by atoms with Crippen LogP contribution >= 0.6 is 0 Å². The SMILES string of the molecule is CC(C)(C)C1(C2CCCOC2)CCCN1. The molecule has 15 heavy (non-hydrogen) atoms. The fourth-order valence-electron chi connectivity index (χ4n) is 3.50. The lowest BCUT2D eigenvalue weighted by Gasteiger charge is -2.49. The third-order valence-electron chi connectivity index (χ3n) is 4.38. The minimum Gasteiger partial charge on any atom is -0.381 e. The number of nitrogens with one attached hydrogen (secondary N) is 1. The number of ether oxygens (including phenoxy) is 1. The summed E-state index contributed by atoms with van der Waals surface area (Å²) in [6, 6.07) is 0. The Hall–Kier alpha value is -0.0800. The Morgan fingerprint density at radius 3 is 2.53 bits per heavy atom. The molecule has 2 saturated heterocycles. The van der Waals surface area contributed by atoms with Crippen LogP contribution in [-0.4, -0.2) is 25.3 Å². The lowest BCUT2D eigenvalue weighted by molar-refractivity contribution is -0.0226. The van der Waals surface area contributed by atoms with Crippen molar-refractivity contribution in [1.82, 2.24) is 5.32 Å². The summed E-state index contributed by atoms with van der Waals surface area (Å²) < 4.78 is 5.67. The van der Waals surface area contributed by atoms with Crippen molar-refractivity contribution in [2.45, 2.75) is 52.0 Å². The maximum atomic E-state index is 5.67. The summed E-state index contributed by atoms with van der Waals surface area (Å²) >= 11 is 0. The molecule has 0 aromatic heterocycles. The monoisotopic (exact) mass is 211 g/mol. The first-order valence-corrected chi connectivity index (χ1v) is 6.39. The van der Waals surface area contributed by atoms with E-state index in [-0.39, 0.29) is 0 Å². The van der Waals surface area contributed by atoms with E-state index < -0.39 is 0 Å². The van der Waals surface area contributed by atoms with Gasteiger partial charge in [-0.15, -0.1) is 0 Å². The van der Waals surface area contributed by atoms with Gasteiger partial charge in [-0.3, -0.25) is 0 Å². The fourth-order valence-corrected chi connectivity index (χ4v) is 3.50. The van der Waals surface area contributed by atoms with Gasteiger partial charge in [0, 0.05) is 18.1 Å². The molecule has 2 atom stereocenters. The van der Waals surface area contributed by atoms with Crippen LogP contribution in [-0.2, 0) is 4.74 Å². The molecule has 1 N–H and O–H groups in total. The van der Waals surface area contributed by atoms with Crippen molar-refractivity contribution >= 4 is 0 Å². The van der Waals surface area contributed by atoms with E-state index in [1.807, 2.05) is 0 Å². The zero-order chi connectivity index (χ0) is 10.9. The van der Waals surface area contributed by atoms with Gasteiger partial charge in [0.1, 0.15) is 0 Å². The summed E-state index contributed by atoms with van der Waals surface area (Å²) in [7, 11) is 0. The van der Waals surface area contributed by atoms with Gasteiger partial charge in [0.15, 0.2) is 0 Å². The molecule has 0 bridgehead atoms. The summed E-state index contributed by atoms with van der Waals surface area (Å²) in [5.41, 5.74) is 0.669. The largest absolute Gasteiger partial charge is 0.381 e. The van der Waals surface area contributed by atoms with E-state index in [2.05, 4.69) is 26.1 Å². The highest BCUT2D eigenvalue weighted by molar-refractivity contribution is 5.06. The highest BCUT2D eigenvalue weighted by Crippen LogP contribution is 2.45. The average Bonchev–Trinajstić information content (AvgIpc) is 2.68. The third-order valence-corrected chi connectivity index (χ3v) is 4.38. The summed E-state index contributed by atoms with van der Waals surface area (Å²) in [5.74, 6) is 0.716. The lowest BCUT2D eigenvalue weighted by Crippen LogP contribution is -2.58. The standard InChI is InChI=1S/C13H25NO/c1-12(2,3)13(7-5-8-14-13)11-6-4-9-15-10-11/h11,14H,4-10H2,1-3H3. The molecule has 2 heteroatoms. The highest BCUT2D eigenvalue weighted by atomic mass is 16.5. The molecule has 2 nitrogen and oxygen atoms in total. The summed E-state index contributed by atoms with van der Waals surface area (Å²) in [4.78, 5) is 0. The molecule has 0 aliphatic carbocycles. The Balaban J connectivity index is 2.17. The predicted octanol–water partition coefficient (Wildman–Crippen LogP) is 2.58. The van der Waals surface area contributed by atoms with Gasteiger partial charge in [-0.05, 0) is 37.6 Å². The van der Waals surface area contributed by atoms with Gasteiger partial charge in [0.2, 0.25) is 0 Å². The first-order chi connectivity index (χ1) is 7.06. The number of hydrogen-bond acceptors (Lipinski definition) is 2. The first-order valence-electron chi connectivity index (χ1n) is 6.39. The highest BCUT2D eigenvalue weighted by Gasteiger charge is 2.49. The van der Waals surface area contributed by atoms with E-state index in [1.54, 1.807) is 0 Å². The average molecular weight is 211 g/mol. The van der Waals surface area contributed by atoms with Crippen molar-refractivity contribution in [1.29, 1.82) is 0 Å². The minimum atomic E-state index is 0.327. The van der Waals surface area contributed by atoms with Crippen molar-refractivity contribution in [2.75, 3.05) is 19.8 Å². The van der Waals surface area contributed by atoms with Gasteiger partial charge in [-0.25, -0.2) is 0 Å². The molecule has 2 aliphatic rings. The minimum absolute atomic E-state index is 0.327. The van der Waals surface area contributed by atoms with Crippen LogP contribution < -0.4 is 5.32 Å². The van der Waals surface area contributed by atoms with Gasteiger partial charge in [-0.1, -0.05) is 20.8 Å². The predicted molar refractivity (Wildman–Crippen MR) is 63.0 cm³/mol. The molecule has 88 valence electrons. The van der Waals surface area contributed by atoms with Crippen molar-refractivity contribution in [3.8, 4) is 0 Å². The second-order valence-electron chi connectivity index (χ2n) is 6.17. The van der Waals surface area contributed by atoms with E-state index in [1.165, 1.54) is 32.2 Å². The molecule has 2 aliphatic heterocycles. The summed E-state index contributed by atoms with van der Waals surface area (Å²) in [6.45, 7) is 10.2. The molecule has 2 unspecified atom stereocenters. The molecule has 2 fully saturated rings. The van der Waals surface area contributed by atoms with Crippen LogP contribution in [0.25, 0.3) is 0 Å². The molecule has 0 radical (unpaired) electrons. The Bertz CT molecular complexity index is 207. The molecule has 0 aromatic rings. The molecule has 0 amide bonds. The van der Waals surface area contributed by atoms with Crippen LogP contribution in [0.3, 0.4) is 0 Å². The zero-order valence-electron chi connectivity index (χ0n) is 10.4. The van der Waals surface area contributed by atoms with E-state index >= 15 is 0 Å². The molecule has 0 spiro atoms. The normalized spacial score (nSPS) is 38.2. The van der Waals surface area contributed by atoms with E-state index in [0.29, 0.717) is 16.9 Å². The summed E-state index contributed by atoms with van der Waals surface area (Å²) in [5, 5.41) is 3.80. The van der Waals surface area contributed by atoms with E-state index in [0.717, 1.165) is 13.2 Å². The molecule has 2 rings (SSSR count). The van der Waals surface area contributed by atoms with Crippen molar-refractivity contribution in [3.05, 3.63) is 0 Å². The molecule has 0 saturated carbocycles. The van der Waals surface area contributed by atoms with Crippen LogP contribution in [0.2, 0.25) is 0 Å². The quantitative estimate of drug-likeness (QED) is 0.720. The summed E-state index contributed by atoms with van der Waals surface area (Å²) in [6.07, 6.45) is 5.23. The Morgan fingerprint density at radius 1 is 1.27 bits per heavy atom. The van der Waals surface area contributed by atoms with Crippen molar-refractivity contribution < 1.29 is 4.74 Å². The van der Waals surface area contributed by atoms with Gasteiger partial charge in [-0.2, -0.15) is 0 Å². The van der Waals surface area contributed by atoms with E-state index in [4.69, 9.17) is 4.74 Å². The smallest absolute Gasteiger partial charge is 0.0512 e. The first kappa shape index (κ1) is 11.4. The van der Waals surface area contributed by atoms with Crippen LogP contribution in [0.4, 0.5) is 0 Å². The van der Waals surface area contributed by atoms with Gasteiger partial charge in [0.05, 0.1) is 6.61 Å². The maximum Gasteiger partial charge on any atom is 0.0512 e. The second-order valence-corrected chi connectivity index (χ2v) is 6.17. The molecule has 0 aromatic carbocycles. The van der Waals surface area contributed by atoms with Crippen LogP contribution in [0, 0.1) is 11.3 Å². The topological polar surface area (TPSA) is 21.3 Å². The number of hydrogen-bond donors (Lipinski definition) is 1. The van der Waals surface area contributed by atoms with Crippen LogP contribution in [0.15, 0.2) is 0 Å². The molecular formula is C13H25NO. The number of rotatable bonds is 1. The lowest BCUT2D eigenvalue weighted by atomic mass is 9.64. The van der Waals surface area contributed by atoms with Crippen LogP contribution in [0.5, 0.6) is 0 Å². The fraction of sp³-hybridized carbons (Fsp3) is 1.00.